The molecule has 7 nitrogen and oxygen atoms in total. The third-order valence-corrected chi connectivity index (χ3v) is 6.32. The molecule has 2 amide bonds. The smallest absolute Gasteiger partial charge is 0.322 e. The van der Waals surface area contributed by atoms with E-state index in [0.717, 1.165) is 43.8 Å². The van der Waals surface area contributed by atoms with Gasteiger partial charge in [-0.15, -0.1) is 0 Å². The van der Waals surface area contributed by atoms with Crippen LogP contribution in [0, 0.1) is 11.6 Å². The van der Waals surface area contributed by atoms with Crippen molar-refractivity contribution in [3.05, 3.63) is 81.8 Å². The van der Waals surface area contributed by atoms with Gasteiger partial charge >= 0.3 is 6.03 Å². The van der Waals surface area contributed by atoms with Crippen molar-refractivity contribution in [2.45, 2.75) is 32.2 Å². The van der Waals surface area contributed by atoms with Crippen LogP contribution in [0.1, 0.15) is 30.5 Å². The molecular weight excluding hydrogens is 440 g/mol. The highest BCUT2D eigenvalue weighted by Crippen LogP contribution is 2.24. The molecule has 1 saturated heterocycles. The number of urea groups is 1. The van der Waals surface area contributed by atoms with E-state index in [2.05, 4.69) is 10.2 Å². The lowest BCUT2D eigenvalue weighted by molar-refractivity contribution is 0.205. The molecule has 3 aromatic rings. The molecule has 0 radical (unpaired) electrons. The summed E-state index contributed by atoms with van der Waals surface area (Å²) in [5, 5.41) is 2.58. The third kappa shape index (κ3) is 4.25. The summed E-state index contributed by atoms with van der Waals surface area (Å²) < 4.78 is 28.4. The second-order valence-electron chi connectivity index (χ2n) is 8.59. The van der Waals surface area contributed by atoms with Crippen LogP contribution in [0.3, 0.4) is 0 Å². The van der Waals surface area contributed by atoms with E-state index in [1.54, 1.807) is 4.57 Å². The van der Waals surface area contributed by atoms with Crippen molar-refractivity contribution < 1.29 is 13.6 Å². The van der Waals surface area contributed by atoms with Gasteiger partial charge in [0.25, 0.3) is 5.56 Å². The first-order valence-corrected chi connectivity index (χ1v) is 11.5. The van der Waals surface area contributed by atoms with E-state index in [0.29, 0.717) is 30.2 Å². The molecule has 2 aliphatic heterocycles. The fraction of sp³-hybridized carbons (Fsp3) is 0.320. The van der Waals surface area contributed by atoms with Gasteiger partial charge in [0, 0.05) is 37.8 Å². The minimum atomic E-state index is -1.04. The van der Waals surface area contributed by atoms with Crippen molar-refractivity contribution in [2.24, 2.45) is 0 Å². The lowest BCUT2D eigenvalue weighted by Gasteiger charge is -2.33. The first kappa shape index (κ1) is 22.1. The van der Waals surface area contributed by atoms with E-state index in [4.69, 9.17) is 4.98 Å². The van der Waals surface area contributed by atoms with E-state index in [1.165, 1.54) is 17.4 Å². The number of amides is 2. The van der Waals surface area contributed by atoms with Crippen LogP contribution in [-0.2, 0) is 13.0 Å². The zero-order valence-corrected chi connectivity index (χ0v) is 18.6. The Bertz CT molecular complexity index is 1270. The molecule has 2 aliphatic rings. The van der Waals surface area contributed by atoms with Crippen molar-refractivity contribution in [3.8, 4) is 5.69 Å². The minimum Gasteiger partial charge on any atom is -0.342 e. The molecule has 2 aromatic carbocycles. The van der Waals surface area contributed by atoms with E-state index < -0.39 is 17.7 Å². The summed E-state index contributed by atoms with van der Waals surface area (Å²) in [6, 6.07) is 12.1. The third-order valence-electron chi connectivity index (χ3n) is 6.32. The zero-order chi connectivity index (χ0) is 23.7. The second-order valence-corrected chi connectivity index (χ2v) is 8.59. The molecular formula is C25H25F2N5O2. The van der Waals surface area contributed by atoms with Gasteiger partial charge in [0.15, 0.2) is 11.6 Å². The van der Waals surface area contributed by atoms with Crippen molar-refractivity contribution >= 4 is 17.7 Å². The molecule has 5 rings (SSSR count). The van der Waals surface area contributed by atoms with Crippen LogP contribution < -0.4 is 15.8 Å². The molecule has 0 aliphatic carbocycles. The number of carbonyl (C=O) groups excluding carboxylic acids is 1. The number of para-hydroxylation sites is 1. The number of nitrogens with one attached hydrogen (secondary N) is 1. The van der Waals surface area contributed by atoms with E-state index >= 15 is 0 Å². The fourth-order valence-corrected chi connectivity index (χ4v) is 4.53. The number of nitrogens with zero attached hydrogens (tertiary/aromatic N) is 4. The largest absolute Gasteiger partial charge is 0.342 e. The summed E-state index contributed by atoms with van der Waals surface area (Å²) in [7, 11) is 0. The normalized spacial score (nSPS) is 15.7. The average Bonchev–Trinajstić information content (AvgIpc) is 2.87. The van der Waals surface area contributed by atoms with Gasteiger partial charge in [-0.25, -0.2) is 23.1 Å². The number of benzene rings is 2. The minimum absolute atomic E-state index is 0.0871. The monoisotopic (exact) mass is 465 g/mol. The number of aromatic nitrogens is 2. The topological polar surface area (TPSA) is 70.5 Å². The first-order chi connectivity index (χ1) is 16.5. The summed E-state index contributed by atoms with van der Waals surface area (Å²) in [5.41, 5.74) is 1.86. The second kappa shape index (κ2) is 9.24. The Balaban J connectivity index is 1.47. The van der Waals surface area contributed by atoms with Crippen molar-refractivity contribution in [3.63, 3.8) is 0 Å². The predicted octanol–water partition coefficient (Wildman–Crippen LogP) is 4.09. The van der Waals surface area contributed by atoms with Gasteiger partial charge in [0.2, 0.25) is 5.95 Å². The van der Waals surface area contributed by atoms with Crippen molar-refractivity contribution in [2.75, 3.05) is 29.9 Å². The summed E-state index contributed by atoms with van der Waals surface area (Å²) in [4.78, 5) is 35.1. The molecule has 1 N–H and O–H groups in total. The van der Waals surface area contributed by atoms with Crippen LogP contribution in [0.15, 0.2) is 53.3 Å². The highest BCUT2D eigenvalue weighted by molar-refractivity contribution is 5.89. The molecule has 0 unspecified atom stereocenters. The number of fused-ring (bicyclic) bond motifs is 1. The molecule has 34 heavy (non-hydrogen) atoms. The maximum absolute atomic E-state index is 13.7. The molecule has 0 spiro atoms. The summed E-state index contributed by atoms with van der Waals surface area (Å²) in [5.74, 6) is -1.38. The number of hydrogen-bond donors (Lipinski definition) is 1. The summed E-state index contributed by atoms with van der Waals surface area (Å²) >= 11 is 0. The van der Waals surface area contributed by atoms with Gasteiger partial charge in [-0.1, -0.05) is 18.2 Å². The quantitative estimate of drug-likeness (QED) is 0.633. The molecule has 0 atom stereocenters. The number of carbonyl (C=O) groups is 1. The highest BCUT2D eigenvalue weighted by atomic mass is 19.2. The molecule has 176 valence electrons. The van der Waals surface area contributed by atoms with E-state index in [9.17, 15) is 18.4 Å². The Kier molecular flexibility index (Phi) is 6.00. The van der Waals surface area contributed by atoms with E-state index in [1.807, 2.05) is 30.3 Å². The van der Waals surface area contributed by atoms with Crippen molar-refractivity contribution in [1.82, 2.24) is 14.5 Å². The summed E-state index contributed by atoms with van der Waals surface area (Å²) in [6.07, 6.45) is 3.71. The van der Waals surface area contributed by atoms with Gasteiger partial charge in [0.1, 0.15) is 0 Å². The van der Waals surface area contributed by atoms with Crippen LogP contribution >= 0.6 is 0 Å². The molecule has 0 bridgehead atoms. The Morgan fingerprint density at radius 2 is 1.71 bits per heavy atom. The molecule has 1 fully saturated rings. The Morgan fingerprint density at radius 3 is 2.44 bits per heavy atom. The average molecular weight is 466 g/mol. The van der Waals surface area contributed by atoms with E-state index in [-0.39, 0.29) is 17.8 Å². The molecule has 1 aromatic heterocycles. The van der Waals surface area contributed by atoms with Crippen LogP contribution in [0.25, 0.3) is 5.69 Å². The van der Waals surface area contributed by atoms with Gasteiger partial charge < -0.3 is 15.1 Å². The molecule has 9 heteroatoms. The number of rotatable bonds is 3. The Morgan fingerprint density at radius 1 is 0.941 bits per heavy atom. The number of anilines is 2. The Hall–Kier alpha value is -3.75. The van der Waals surface area contributed by atoms with Gasteiger partial charge in [-0.05, 0) is 43.5 Å². The maximum atomic E-state index is 13.7. The first-order valence-electron chi connectivity index (χ1n) is 11.5. The van der Waals surface area contributed by atoms with Crippen LogP contribution in [0.2, 0.25) is 0 Å². The molecule has 0 saturated carbocycles. The van der Waals surface area contributed by atoms with Crippen LogP contribution in [0.5, 0.6) is 0 Å². The SMILES string of the molecule is O=C(Nc1ccc(F)c(F)c1)N1CCc2nc(N3CCCCC3)n(-c3ccccc3)c(=O)c2C1. The number of hydrogen-bond acceptors (Lipinski definition) is 4. The summed E-state index contributed by atoms with van der Waals surface area (Å²) in [6.45, 7) is 2.15. The lowest BCUT2D eigenvalue weighted by atomic mass is 10.1. The fourth-order valence-electron chi connectivity index (χ4n) is 4.53. The zero-order valence-electron chi connectivity index (χ0n) is 18.6. The highest BCUT2D eigenvalue weighted by Gasteiger charge is 2.28. The predicted molar refractivity (Wildman–Crippen MR) is 125 cm³/mol. The number of halogens is 2. The van der Waals surface area contributed by atoms with Gasteiger partial charge in [0.05, 0.1) is 23.5 Å². The lowest BCUT2D eigenvalue weighted by Crippen LogP contribution is -2.44. The Labute approximate surface area is 195 Å². The van der Waals surface area contributed by atoms with Crippen LogP contribution in [0.4, 0.5) is 25.2 Å². The van der Waals surface area contributed by atoms with Gasteiger partial charge in [-0.3, -0.25) is 4.79 Å². The van der Waals surface area contributed by atoms with Crippen molar-refractivity contribution in [1.29, 1.82) is 0 Å². The maximum Gasteiger partial charge on any atom is 0.322 e. The standard InChI is InChI=1S/C25H25F2N5O2/c26-20-10-9-17(15-21(20)27)28-25(34)31-14-11-22-19(16-31)23(33)32(18-7-3-1-4-8-18)24(29-22)30-12-5-2-6-13-30/h1,3-4,7-10,15H,2,5-6,11-14,16H2,(H,28,34). The van der Waals surface area contributed by atoms with Crippen LogP contribution in [-0.4, -0.2) is 40.1 Å². The molecule has 3 heterocycles. The van der Waals surface area contributed by atoms with Gasteiger partial charge in [-0.2, -0.15) is 0 Å². The number of piperidine rings is 1.